The average molecular weight is 215 g/mol. The number of halogens is 1. The van der Waals surface area contributed by atoms with Crippen molar-refractivity contribution < 1.29 is 9.28 Å². The van der Waals surface area contributed by atoms with Crippen molar-refractivity contribution in [2.24, 2.45) is 0 Å². The molecule has 0 aliphatic heterocycles. The molecular formula is C13H10FNO. The number of carbonyl (C=O) groups is 1. The quantitative estimate of drug-likeness (QED) is 0.766. The third-order valence-corrected chi connectivity index (χ3v) is 2.32. The van der Waals surface area contributed by atoms with Crippen LogP contribution < -0.4 is 5.54 Å². The highest BCUT2D eigenvalue weighted by atomic mass is 19.2. The molecule has 0 radical (unpaired) electrons. The molecule has 1 N–H and O–H groups in total. The second-order valence-electron chi connectivity index (χ2n) is 3.37. The highest BCUT2D eigenvalue weighted by Crippen LogP contribution is 2.19. The Morgan fingerprint density at radius 2 is 1.62 bits per heavy atom. The van der Waals surface area contributed by atoms with Gasteiger partial charge in [-0.15, -0.1) is 0 Å². The second kappa shape index (κ2) is 4.57. The van der Waals surface area contributed by atoms with E-state index < -0.39 is 5.91 Å². The Morgan fingerprint density at radius 1 is 0.938 bits per heavy atom. The number of hydrogen-bond acceptors (Lipinski definition) is 1. The van der Waals surface area contributed by atoms with Crippen molar-refractivity contribution in [2.45, 2.75) is 0 Å². The van der Waals surface area contributed by atoms with E-state index >= 15 is 0 Å². The van der Waals surface area contributed by atoms with Crippen molar-refractivity contribution in [3.05, 3.63) is 60.2 Å². The Kier molecular flexibility index (Phi) is 2.96. The summed E-state index contributed by atoms with van der Waals surface area (Å²) >= 11 is 0. The topological polar surface area (TPSA) is 29.1 Å². The summed E-state index contributed by atoms with van der Waals surface area (Å²) in [6.07, 6.45) is 0. The Hall–Kier alpha value is -2.16. The SMILES string of the molecule is O=C(NF)c1cccc(-c2ccccc2)c1. The van der Waals surface area contributed by atoms with Crippen LogP contribution in [0.2, 0.25) is 0 Å². The number of benzene rings is 2. The summed E-state index contributed by atoms with van der Waals surface area (Å²) in [5.74, 6) is -0.724. The molecular weight excluding hydrogens is 205 g/mol. The minimum Gasteiger partial charge on any atom is -0.267 e. The summed E-state index contributed by atoms with van der Waals surface area (Å²) in [5.41, 5.74) is 3.32. The minimum absolute atomic E-state index is 0.309. The van der Waals surface area contributed by atoms with E-state index in [0.29, 0.717) is 5.56 Å². The standard InChI is InChI=1S/C13H10FNO/c14-15-13(16)12-8-4-7-11(9-12)10-5-2-1-3-6-10/h1-9H,(H,15,16). The van der Waals surface area contributed by atoms with Crippen LogP contribution in [0, 0.1) is 0 Å². The summed E-state index contributed by atoms with van der Waals surface area (Å²) in [5, 5.41) is 0. The zero-order valence-electron chi connectivity index (χ0n) is 8.48. The van der Waals surface area contributed by atoms with Gasteiger partial charge in [0.05, 0.1) is 0 Å². The molecule has 80 valence electrons. The van der Waals surface area contributed by atoms with E-state index in [4.69, 9.17) is 0 Å². The van der Waals surface area contributed by atoms with Crippen molar-refractivity contribution in [1.29, 1.82) is 0 Å². The Labute approximate surface area is 92.7 Å². The maximum atomic E-state index is 12.0. The van der Waals surface area contributed by atoms with Gasteiger partial charge in [0, 0.05) is 5.56 Å². The summed E-state index contributed by atoms with van der Waals surface area (Å²) in [4.78, 5) is 11.1. The minimum atomic E-state index is -0.724. The molecule has 0 aliphatic carbocycles. The molecule has 0 saturated heterocycles. The first-order valence-electron chi connectivity index (χ1n) is 4.88. The van der Waals surface area contributed by atoms with Gasteiger partial charge in [-0.1, -0.05) is 46.9 Å². The maximum absolute atomic E-state index is 12.0. The first-order chi connectivity index (χ1) is 7.81. The predicted molar refractivity (Wildman–Crippen MR) is 60.5 cm³/mol. The van der Waals surface area contributed by atoms with Gasteiger partial charge in [0.2, 0.25) is 0 Å². The molecule has 0 heterocycles. The fraction of sp³-hybridized carbons (Fsp3) is 0. The third kappa shape index (κ3) is 2.08. The van der Waals surface area contributed by atoms with E-state index in [0.717, 1.165) is 16.7 Å². The van der Waals surface area contributed by atoms with Gasteiger partial charge in [0.15, 0.2) is 0 Å². The molecule has 2 nitrogen and oxygen atoms in total. The number of rotatable bonds is 2. The molecule has 0 aliphatic rings. The summed E-state index contributed by atoms with van der Waals surface area (Å²) < 4.78 is 12.0. The van der Waals surface area contributed by atoms with Crippen LogP contribution in [-0.2, 0) is 0 Å². The molecule has 2 aromatic rings. The van der Waals surface area contributed by atoms with Crippen molar-refractivity contribution in [1.82, 2.24) is 5.54 Å². The number of carbonyl (C=O) groups excluding carboxylic acids is 1. The third-order valence-electron chi connectivity index (χ3n) is 2.32. The van der Waals surface area contributed by atoms with Crippen LogP contribution in [0.4, 0.5) is 4.48 Å². The smallest absolute Gasteiger partial charge is 0.267 e. The number of hydrogen-bond donors (Lipinski definition) is 1. The van der Waals surface area contributed by atoms with Crippen LogP contribution in [0.1, 0.15) is 10.4 Å². The summed E-state index contributed by atoms with van der Waals surface area (Å²) in [7, 11) is 0. The first-order valence-corrected chi connectivity index (χ1v) is 4.88. The van der Waals surface area contributed by atoms with Crippen LogP contribution in [0.25, 0.3) is 11.1 Å². The molecule has 1 amide bonds. The molecule has 0 unspecified atom stereocenters. The van der Waals surface area contributed by atoms with Crippen molar-refractivity contribution in [2.75, 3.05) is 0 Å². The molecule has 2 rings (SSSR count). The predicted octanol–water partition coefficient (Wildman–Crippen LogP) is 2.97. The lowest BCUT2D eigenvalue weighted by molar-refractivity contribution is 0.0859. The van der Waals surface area contributed by atoms with Gasteiger partial charge in [-0.05, 0) is 23.3 Å². The molecule has 0 fully saturated rings. The summed E-state index contributed by atoms with van der Waals surface area (Å²) in [6, 6.07) is 16.5. The van der Waals surface area contributed by atoms with Crippen LogP contribution in [0.3, 0.4) is 0 Å². The van der Waals surface area contributed by atoms with Gasteiger partial charge >= 0.3 is 0 Å². The highest BCUT2D eigenvalue weighted by molar-refractivity contribution is 5.94. The van der Waals surface area contributed by atoms with Crippen LogP contribution in [-0.4, -0.2) is 5.91 Å². The van der Waals surface area contributed by atoms with Crippen LogP contribution in [0.5, 0.6) is 0 Å². The molecule has 0 bridgehead atoms. The van der Waals surface area contributed by atoms with Gasteiger partial charge in [0.1, 0.15) is 0 Å². The Bertz CT molecular complexity index is 496. The average Bonchev–Trinajstić information content (AvgIpc) is 2.39. The zero-order chi connectivity index (χ0) is 11.4. The van der Waals surface area contributed by atoms with Gasteiger partial charge in [0.25, 0.3) is 5.91 Å². The first kappa shape index (κ1) is 10.4. The second-order valence-corrected chi connectivity index (χ2v) is 3.37. The molecule has 16 heavy (non-hydrogen) atoms. The lowest BCUT2D eigenvalue weighted by Crippen LogP contribution is -2.13. The molecule has 3 heteroatoms. The fourth-order valence-corrected chi connectivity index (χ4v) is 1.53. The Morgan fingerprint density at radius 3 is 2.31 bits per heavy atom. The van der Waals surface area contributed by atoms with E-state index in [2.05, 4.69) is 0 Å². The fourth-order valence-electron chi connectivity index (χ4n) is 1.53. The van der Waals surface area contributed by atoms with Crippen LogP contribution >= 0.6 is 0 Å². The van der Waals surface area contributed by atoms with E-state index in [-0.39, 0.29) is 0 Å². The normalized spacial score (nSPS) is 9.81. The number of amides is 1. The molecule has 0 spiro atoms. The van der Waals surface area contributed by atoms with Gasteiger partial charge in [-0.3, -0.25) is 4.79 Å². The van der Waals surface area contributed by atoms with Crippen LogP contribution in [0.15, 0.2) is 54.6 Å². The molecule has 0 saturated carbocycles. The monoisotopic (exact) mass is 215 g/mol. The van der Waals surface area contributed by atoms with E-state index in [9.17, 15) is 9.28 Å². The van der Waals surface area contributed by atoms with Crippen molar-refractivity contribution >= 4 is 5.91 Å². The Balaban J connectivity index is 2.40. The van der Waals surface area contributed by atoms with E-state index in [1.54, 1.807) is 18.2 Å². The summed E-state index contributed by atoms with van der Waals surface area (Å²) in [6.45, 7) is 0. The number of nitrogens with one attached hydrogen (secondary N) is 1. The van der Waals surface area contributed by atoms with Gasteiger partial charge in [-0.25, -0.2) is 0 Å². The van der Waals surface area contributed by atoms with Gasteiger partial charge < -0.3 is 0 Å². The van der Waals surface area contributed by atoms with E-state index in [1.807, 2.05) is 36.4 Å². The van der Waals surface area contributed by atoms with Crippen molar-refractivity contribution in [3.8, 4) is 11.1 Å². The molecule has 0 atom stereocenters. The van der Waals surface area contributed by atoms with E-state index in [1.165, 1.54) is 0 Å². The van der Waals surface area contributed by atoms with Gasteiger partial charge in [-0.2, -0.15) is 5.54 Å². The highest BCUT2D eigenvalue weighted by Gasteiger charge is 2.05. The zero-order valence-corrected chi connectivity index (χ0v) is 8.48. The van der Waals surface area contributed by atoms with Crippen molar-refractivity contribution in [3.63, 3.8) is 0 Å². The maximum Gasteiger partial charge on any atom is 0.278 e. The molecule has 2 aromatic carbocycles. The lowest BCUT2D eigenvalue weighted by Gasteiger charge is -2.03. The lowest BCUT2D eigenvalue weighted by atomic mass is 10.0. The largest absolute Gasteiger partial charge is 0.278 e. The molecule has 0 aromatic heterocycles.